The molecule has 0 radical (unpaired) electrons. The van der Waals surface area contributed by atoms with Crippen LogP contribution in [0.3, 0.4) is 0 Å². The molecule has 0 spiro atoms. The maximum Gasteiger partial charge on any atom is 0.408 e. The first-order valence-corrected chi connectivity index (χ1v) is 5.90. The molecule has 0 atom stereocenters. The summed E-state index contributed by atoms with van der Waals surface area (Å²) < 4.78 is 10.7. The van der Waals surface area contributed by atoms with Gasteiger partial charge in [0.2, 0.25) is 5.90 Å². The smallest absolute Gasteiger partial charge is 0.408 e. The average Bonchev–Trinajstić information content (AvgIpc) is 2.15. The highest BCUT2D eigenvalue weighted by Gasteiger charge is 2.31. The van der Waals surface area contributed by atoms with Crippen molar-refractivity contribution in [1.82, 2.24) is 5.32 Å². The van der Waals surface area contributed by atoms with E-state index in [1.165, 1.54) is 0 Å². The summed E-state index contributed by atoms with van der Waals surface area (Å²) in [5.74, 6) is 0.564. The van der Waals surface area contributed by atoms with E-state index in [1.54, 1.807) is 0 Å². The number of hydrogen-bond donors (Lipinski definition) is 1. The number of nitrogens with zero attached hydrogens (tertiary/aromatic N) is 1. The molecule has 0 aromatic heterocycles. The molecule has 0 fully saturated rings. The molecule has 0 saturated heterocycles. The first-order chi connectivity index (χ1) is 7.71. The van der Waals surface area contributed by atoms with Crippen molar-refractivity contribution in [3.63, 3.8) is 0 Å². The number of aliphatic imine (C=N–C) groups is 1. The minimum absolute atomic E-state index is 0.459. The first-order valence-electron chi connectivity index (χ1n) is 5.90. The fraction of sp³-hybridized carbons (Fsp3) is 0.833. The van der Waals surface area contributed by atoms with Crippen LogP contribution in [0.5, 0.6) is 0 Å². The van der Waals surface area contributed by atoms with E-state index in [0.29, 0.717) is 12.5 Å². The summed E-state index contributed by atoms with van der Waals surface area (Å²) in [6.45, 7) is 10.6. The van der Waals surface area contributed by atoms with E-state index in [4.69, 9.17) is 9.47 Å². The molecule has 5 heteroatoms. The molecular formula is C12H22N2O3. The second-order valence-corrected chi connectivity index (χ2v) is 5.64. The largest absolute Gasteiger partial charge is 0.479 e. The number of nitrogens with one attached hydrogen (secondary N) is 1. The molecule has 1 aliphatic rings. The Labute approximate surface area is 103 Å². The zero-order valence-corrected chi connectivity index (χ0v) is 11.3. The number of amides is 1. The molecule has 0 bridgehead atoms. The van der Waals surface area contributed by atoms with Crippen molar-refractivity contribution >= 4 is 12.0 Å². The summed E-state index contributed by atoms with van der Waals surface area (Å²) in [7, 11) is 0. The maximum atomic E-state index is 11.7. The normalized spacial score (nSPS) is 16.9. The standard InChI is InChI=1S/C12H22N2O3/c1-11(2,3)17-10(15)14-12(4,5)9-13-7-6-8-16-9/h6-8H2,1-5H3,(H,14,15). The molecule has 98 valence electrons. The van der Waals surface area contributed by atoms with Crippen molar-refractivity contribution < 1.29 is 14.3 Å². The summed E-state index contributed by atoms with van der Waals surface area (Å²) in [6, 6.07) is 0. The Morgan fingerprint density at radius 3 is 2.47 bits per heavy atom. The van der Waals surface area contributed by atoms with Crippen LogP contribution in [0, 0.1) is 0 Å². The van der Waals surface area contributed by atoms with Gasteiger partial charge in [-0.2, -0.15) is 0 Å². The molecule has 0 unspecified atom stereocenters. The quantitative estimate of drug-likeness (QED) is 0.806. The van der Waals surface area contributed by atoms with Crippen LogP contribution in [-0.4, -0.2) is 36.3 Å². The molecule has 1 heterocycles. The van der Waals surface area contributed by atoms with Crippen molar-refractivity contribution in [2.75, 3.05) is 13.2 Å². The van der Waals surface area contributed by atoms with E-state index in [-0.39, 0.29) is 0 Å². The van der Waals surface area contributed by atoms with Crippen LogP contribution in [0.15, 0.2) is 4.99 Å². The highest BCUT2D eigenvalue weighted by atomic mass is 16.6. The molecule has 0 saturated carbocycles. The second kappa shape index (κ2) is 4.94. The lowest BCUT2D eigenvalue weighted by Gasteiger charge is -2.30. The summed E-state index contributed by atoms with van der Waals surface area (Å²) in [5.41, 5.74) is -1.14. The van der Waals surface area contributed by atoms with Crippen LogP contribution < -0.4 is 5.32 Å². The zero-order valence-electron chi connectivity index (χ0n) is 11.3. The third-order valence-electron chi connectivity index (χ3n) is 2.14. The summed E-state index contributed by atoms with van der Waals surface area (Å²) >= 11 is 0. The van der Waals surface area contributed by atoms with Crippen LogP contribution in [-0.2, 0) is 9.47 Å². The lowest BCUT2D eigenvalue weighted by Crippen LogP contribution is -2.52. The maximum absolute atomic E-state index is 11.7. The van der Waals surface area contributed by atoms with E-state index in [1.807, 2.05) is 34.6 Å². The minimum atomic E-state index is -0.636. The third kappa shape index (κ3) is 4.63. The fourth-order valence-electron chi connectivity index (χ4n) is 1.45. The molecule has 1 aliphatic heterocycles. The van der Waals surface area contributed by atoms with Crippen LogP contribution in [0.25, 0.3) is 0 Å². The predicted molar refractivity (Wildman–Crippen MR) is 66.3 cm³/mol. The molecule has 0 aliphatic carbocycles. The number of rotatable bonds is 2. The Kier molecular flexibility index (Phi) is 4.01. The van der Waals surface area contributed by atoms with Crippen molar-refractivity contribution in [1.29, 1.82) is 0 Å². The monoisotopic (exact) mass is 242 g/mol. The van der Waals surface area contributed by atoms with Gasteiger partial charge >= 0.3 is 6.09 Å². The number of hydrogen-bond acceptors (Lipinski definition) is 4. The predicted octanol–water partition coefficient (Wildman–Crippen LogP) is 2.11. The van der Waals surface area contributed by atoms with Gasteiger partial charge in [-0.3, -0.25) is 4.99 Å². The number of carbonyl (C=O) groups excluding carboxylic acids is 1. The highest BCUT2D eigenvalue weighted by molar-refractivity contribution is 5.89. The van der Waals surface area contributed by atoms with Crippen molar-refractivity contribution in [2.45, 2.75) is 52.2 Å². The van der Waals surface area contributed by atoms with Gasteiger partial charge in [-0.1, -0.05) is 0 Å². The lowest BCUT2D eigenvalue weighted by molar-refractivity contribution is 0.0486. The van der Waals surface area contributed by atoms with Crippen LogP contribution >= 0.6 is 0 Å². The van der Waals surface area contributed by atoms with Gasteiger partial charge in [-0.15, -0.1) is 0 Å². The Morgan fingerprint density at radius 2 is 2.00 bits per heavy atom. The third-order valence-corrected chi connectivity index (χ3v) is 2.14. The molecule has 1 rings (SSSR count). The van der Waals surface area contributed by atoms with Gasteiger partial charge in [0.1, 0.15) is 11.1 Å². The van der Waals surface area contributed by atoms with E-state index in [9.17, 15) is 4.79 Å². The second-order valence-electron chi connectivity index (χ2n) is 5.64. The molecular weight excluding hydrogens is 220 g/mol. The number of alkyl carbamates (subject to hydrolysis) is 1. The van der Waals surface area contributed by atoms with E-state index in [0.717, 1.165) is 13.0 Å². The van der Waals surface area contributed by atoms with Crippen LogP contribution in [0.2, 0.25) is 0 Å². The number of carbonyl (C=O) groups is 1. The molecule has 1 amide bonds. The summed E-state index contributed by atoms with van der Waals surface area (Å²) in [5, 5.41) is 2.77. The Hall–Kier alpha value is -1.26. The Balaban J connectivity index is 2.59. The average molecular weight is 242 g/mol. The van der Waals surface area contributed by atoms with E-state index in [2.05, 4.69) is 10.3 Å². The zero-order chi connectivity index (χ0) is 13.1. The molecule has 0 aromatic rings. The van der Waals surface area contributed by atoms with Crippen molar-refractivity contribution in [3.05, 3.63) is 0 Å². The van der Waals surface area contributed by atoms with Gasteiger partial charge in [-0.05, 0) is 34.6 Å². The Morgan fingerprint density at radius 1 is 1.35 bits per heavy atom. The number of ether oxygens (including phenoxy) is 2. The first kappa shape index (κ1) is 13.8. The van der Waals surface area contributed by atoms with Gasteiger partial charge in [0.15, 0.2) is 0 Å². The minimum Gasteiger partial charge on any atom is -0.479 e. The SMILES string of the molecule is CC(C)(C)OC(=O)NC(C)(C)C1=NCCCO1. The van der Waals surface area contributed by atoms with Crippen molar-refractivity contribution in [3.8, 4) is 0 Å². The molecule has 0 aromatic carbocycles. The highest BCUT2D eigenvalue weighted by Crippen LogP contribution is 2.13. The van der Waals surface area contributed by atoms with E-state index >= 15 is 0 Å². The fourth-order valence-corrected chi connectivity index (χ4v) is 1.45. The van der Waals surface area contributed by atoms with Gasteiger partial charge in [-0.25, -0.2) is 4.79 Å². The van der Waals surface area contributed by atoms with Gasteiger partial charge < -0.3 is 14.8 Å². The molecule has 17 heavy (non-hydrogen) atoms. The molecule has 5 nitrogen and oxygen atoms in total. The summed E-state index contributed by atoms with van der Waals surface area (Å²) in [4.78, 5) is 15.9. The summed E-state index contributed by atoms with van der Waals surface area (Å²) in [6.07, 6.45) is 0.464. The van der Waals surface area contributed by atoms with Gasteiger partial charge in [0.25, 0.3) is 0 Å². The lowest BCUT2D eigenvalue weighted by atomic mass is 10.1. The Bertz CT molecular complexity index is 316. The topological polar surface area (TPSA) is 59.9 Å². The molecule has 1 N–H and O–H groups in total. The van der Waals surface area contributed by atoms with E-state index < -0.39 is 17.2 Å². The van der Waals surface area contributed by atoms with Gasteiger partial charge in [0.05, 0.1) is 6.61 Å². The van der Waals surface area contributed by atoms with Crippen molar-refractivity contribution in [2.24, 2.45) is 4.99 Å². The van der Waals surface area contributed by atoms with Crippen LogP contribution in [0.4, 0.5) is 4.79 Å². The van der Waals surface area contributed by atoms with Gasteiger partial charge in [0, 0.05) is 13.0 Å². The van der Waals surface area contributed by atoms with Crippen LogP contribution in [0.1, 0.15) is 41.0 Å².